The Bertz CT molecular complexity index is 1140. The van der Waals surface area contributed by atoms with E-state index in [1.54, 1.807) is 37.3 Å². The number of phenolic OH excluding ortho intramolecular Hbond substituents is 1. The number of carbonyl (C=O) groups is 2. The zero-order chi connectivity index (χ0) is 28.8. The third-order valence-electron chi connectivity index (χ3n) is 6.02. The molecule has 2 aromatic carbocycles. The Labute approximate surface area is 230 Å². The molecule has 0 spiro atoms. The average molecular weight is 542 g/mol. The van der Waals surface area contributed by atoms with Crippen LogP contribution in [0, 0.1) is 0 Å². The number of methoxy groups -OCH3 is 3. The predicted molar refractivity (Wildman–Crippen MR) is 149 cm³/mol. The van der Waals surface area contributed by atoms with Gasteiger partial charge in [-0.2, -0.15) is 0 Å². The number of amides is 1. The first-order chi connectivity index (χ1) is 18.9. The molecule has 0 unspecified atom stereocenters. The van der Waals surface area contributed by atoms with Crippen LogP contribution in [-0.2, 0) is 27.1 Å². The van der Waals surface area contributed by atoms with Gasteiger partial charge in [-0.25, -0.2) is 0 Å². The molecule has 0 aromatic heterocycles. The van der Waals surface area contributed by atoms with Gasteiger partial charge in [0, 0.05) is 38.9 Å². The summed E-state index contributed by atoms with van der Waals surface area (Å²) in [4.78, 5) is 29.3. The lowest BCUT2D eigenvalue weighted by Crippen LogP contribution is -2.38. The Kier molecular flexibility index (Phi) is 13.1. The van der Waals surface area contributed by atoms with Crippen LogP contribution >= 0.6 is 0 Å². The Hall–Kier alpha value is -3.82. The number of hydrogen-bond acceptors (Lipinski definition) is 8. The van der Waals surface area contributed by atoms with Crippen LogP contribution in [0.2, 0.25) is 0 Å². The lowest BCUT2D eigenvalue weighted by molar-refractivity contribution is -0.131. The summed E-state index contributed by atoms with van der Waals surface area (Å²) in [6.45, 7) is 11.2. The highest BCUT2D eigenvalue weighted by Gasteiger charge is 2.28. The van der Waals surface area contributed by atoms with Crippen molar-refractivity contribution < 1.29 is 38.4 Å². The van der Waals surface area contributed by atoms with Gasteiger partial charge in [0.2, 0.25) is 5.91 Å². The molecule has 212 valence electrons. The fourth-order valence-corrected chi connectivity index (χ4v) is 4.09. The highest BCUT2D eigenvalue weighted by Crippen LogP contribution is 2.38. The Balaban J connectivity index is 2.77. The van der Waals surface area contributed by atoms with Gasteiger partial charge in [0.1, 0.15) is 24.7 Å². The molecular formula is C30H39NO8. The van der Waals surface area contributed by atoms with E-state index >= 15 is 0 Å². The Morgan fingerprint density at radius 2 is 1.51 bits per heavy atom. The SMILES string of the molecule is C=CCOc1cc(OCC=C)c(C(=O)c2ccc(O)c(OC)c2)c(CC(=O)N(CCOC)CCOC)c1CC. The Morgan fingerprint density at radius 1 is 0.897 bits per heavy atom. The van der Waals surface area contributed by atoms with E-state index < -0.39 is 0 Å². The van der Waals surface area contributed by atoms with E-state index in [4.69, 9.17) is 23.7 Å². The lowest BCUT2D eigenvalue weighted by Gasteiger charge is -2.25. The fraction of sp³-hybridized carbons (Fsp3) is 0.400. The summed E-state index contributed by atoms with van der Waals surface area (Å²) in [6, 6.07) is 6.01. The van der Waals surface area contributed by atoms with Crippen molar-refractivity contribution in [3.63, 3.8) is 0 Å². The second-order valence-electron chi connectivity index (χ2n) is 8.52. The largest absolute Gasteiger partial charge is 0.504 e. The molecule has 0 aliphatic carbocycles. The third kappa shape index (κ3) is 8.33. The number of phenols is 1. The first-order valence-electron chi connectivity index (χ1n) is 12.7. The van der Waals surface area contributed by atoms with Crippen LogP contribution in [0.25, 0.3) is 0 Å². The van der Waals surface area contributed by atoms with Crippen molar-refractivity contribution in [3.8, 4) is 23.0 Å². The summed E-state index contributed by atoms with van der Waals surface area (Å²) in [5.41, 5.74) is 1.71. The zero-order valence-corrected chi connectivity index (χ0v) is 23.3. The Morgan fingerprint density at radius 3 is 2.05 bits per heavy atom. The van der Waals surface area contributed by atoms with Crippen LogP contribution in [-0.4, -0.2) is 82.5 Å². The van der Waals surface area contributed by atoms with E-state index in [1.165, 1.54) is 25.3 Å². The fourth-order valence-electron chi connectivity index (χ4n) is 4.09. The van der Waals surface area contributed by atoms with E-state index in [0.717, 1.165) is 0 Å². The molecule has 9 nitrogen and oxygen atoms in total. The monoisotopic (exact) mass is 541 g/mol. The van der Waals surface area contributed by atoms with E-state index in [9.17, 15) is 14.7 Å². The maximum absolute atomic E-state index is 14.1. The molecule has 2 aromatic rings. The van der Waals surface area contributed by atoms with Crippen molar-refractivity contribution in [1.29, 1.82) is 0 Å². The van der Waals surface area contributed by atoms with Gasteiger partial charge < -0.3 is 33.7 Å². The number of aromatic hydroxyl groups is 1. The number of nitrogens with zero attached hydrogens (tertiary/aromatic N) is 1. The minimum Gasteiger partial charge on any atom is -0.504 e. The number of ketones is 1. The van der Waals surface area contributed by atoms with Crippen molar-refractivity contribution in [1.82, 2.24) is 4.90 Å². The number of benzene rings is 2. The molecule has 1 amide bonds. The molecular weight excluding hydrogens is 502 g/mol. The molecule has 2 rings (SSSR count). The maximum Gasteiger partial charge on any atom is 0.227 e. The predicted octanol–water partition coefficient (Wildman–Crippen LogP) is 3.99. The quantitative estimate of drug-likeness (QED) is 0.223. The number of hydrogen-bond donors (Lipinski definition) is 1. The minimum absolute atomic E-state index is 0.0807. The molecule has 0 radical (unpaired) electrons. The van der Waals surface area contributed by atoms with Crippen molar-refractivity contribution in [2.24, 2.45) is 0 Å². The second-order valence-corrected chi connectivity index (χ2v) is 8.52. The van der Waals surface area contributed by atoms with Gasteiger partial charge in [-0.3, -0.25) is 9.59 Å². The van der Waals surface area contributed by atoms with Gasteiger partial charge in [0.05, 0.1) is 32.3 Å². The zero-order valence-electron chi connectivity index (χ0n) is 23.3. The molecule has 0 aliphatic rings. The number of rotatable bonds is 18. The van der Waals surface area contributed by atoms with Gasteiger partial charge in [0.25, 0.3) is 0 Å². The van der Waals surface area contributed by atoms with Gasteiger partial charge >= 0.3 is 0 Å². The molecule has 0 bridgehead atoms. The summed E-state index contributed by atoms with van der Waals surface area (Å²) < 4.78 is 27.5. The number of carbonyl (C=O) groups excluding carboxylic acids is 2. The molecule has 0 atom stereocenters. The highest BCUT2D eigenvalue weighted by molar-refractivity contribution is 6.13. The molecule has 0 heterocycles. The smallest absolute Gasteiger partial charge is 0.227 e. The first kappa shape index (κ1) is 31.4. The van der Waals surface area contributed by atoms with E-state index in [2.05, 4.69) is 13.2 Å². The molecule has 1 N–H and O–H groups in total. The van der Waals surface area contributed by atoms with E-state index in [1.807, 2.05) is 6.92 Å². The summed E-state index contributed by atoms with van der Waals surface area (Å²) in [6.07, 6.45) is 3.60. The summed E-state index contributed by atoms with van der Waals surface area (Å²) in [5, 5.41) is 10.1. The molecule has 9 heteroatoms. The van der Waals surface area contributed by atoms with Crippen LogP contribution in [0.3, 0.4) is 0 Å². The summed E-state index contributed by atoms with van der Waals surface area (Å²) in [5.74, 6) is 0.221. The summed E-state index contributed by atoms with van der Waals surface area (Å²) >= 11 is 0. The van der Waals surface area contributed by atoms with Crippen molar-refractivity contribution in [2.75, 3.05) is 60.8 Å². The van der Waals surface area contributed by atoms with Crippen LogP contribution in [0.1, 0.15) is 34.0 Å². The maximum atomic E-state index is 14.1. The van der Waals surface area contributed by atoms with Gasteiger partial charge in [0.15, 0.2) is 17.3 Å². The first-order valence-corrected chi connectivity index (χ1v) is 12.7. The van der Waals surface area contributed by atoms with Gasteiger partial charge in [-0.05, 0) is 35.7 Å². The number of ether oxygens (including phenoxy) is 5. The van der Waals surface area contributed by atoms with Crippen LogP contribution in [0.15, 0.2) is 49.6 Å². The standard InChI is InChI=1S/C30H39NO8/c1-7-14-38-25-20-27(39-15-8-2)29(30(34)21-10-11-24(32)26(18-21)37-6)23(22(25)9-3)19-28(33)31(12-16-35-4)13-17-36-5/h7-8,10-11,18,20,32H,1-2,9,12-17,19H2,3-6H3. The van der Waals surface area contributed by atoms with Gasteiger partial charge in [-0.1, -0.05) is 32.2 Å². The molecule has 0 saturated carbocycles. The van der Waals surface area contributed by atoms with Crippen molar-refractivity contribution in [3.05, 3.63) is 71.8 Å². The van der Waals surface area contributed by atoms with Crippen LogP contribution in [0.5, 0.6) is 23.0 Å². The third-order valence-corrected chi connectivity index (χ3v) is 6.02. The van der Waals surface area contributed by atoms with Crippen LogP contribution < -0.4 is 14.2 Å². The van der Waals surface area contributed by atoms with Crippen LogP contribution in [0.4, 0.5) is 0 Å². The van der Waals surface area contributed by atoms with E-state index in [-0.39, 0.29) is 59.7 Å². The van der Waals surface area contributed by atoms with E-state index in [0.29, 0.717) is 49.6 Å². The summed E-state index contributed by atoms with van der Waals surface area (Å²) in [7, 11) is 4.54. The highest BCUT2D eigenvalue weighted by atomic mass is 16.5. The molecule has 0 saturated heterocycles. The lowest BCUT2D eigenvalue weighted by atomic mass is 9.89. The molecule has 0 aliphatic heterocycles. The normalized spacial score (nSPS) is 10.6. The van der Waals surface area contributed by atoms with Crippen molar-refractivity contribution in [2.45, 2.75) is 19.8 Å². The topological polar surface area (TPSA) is 104 Å². The van der Waals surface area contributed by atoms with Crippen molar-refractivity contribution >= 4 is 11.7 Å². The minimum atomic E-state index is -0.388. The molecule has 0 fully saturated rings. The second kappa shape index (κ2) is 16.2. The molecule has 39 heavy (non-hydrogen) atoms. The van der Waals surface area contributed by atoms with Gasteiger partial charge in [-0.15, -0.1) is 0 Å². The average Bonchev–Trinajstić information content (AvgIpc) is 2.94.